The molecule has 148 valence electrons. The molecule has 0 bridgehead atoms. The second-order valence-corrected chi connectivity index (χ2v) is 6.38. The first-order valence-corrected chi connectivity index (χ1v) is 9.34. The van der Waals surface area contributed by atoms with Gasteiger partial charge in [0.15, 0.2) is 17.5 Å². The fraction of sp³-hybridized carbons (Fsp3) is 0.579. The number of carbonyl (C=O) groups excluding carboxylic acids is 1. The lowest BCUT2D eigenvalue weighted by atomic mass is 9.97. The summed E-state index contributed by atoms with van der Waals surface area (Å²) in [6, 6.07) is 5.53. The molecule has 0 radical (unpaired) electrons. The summed E-state index contributed by atoms with van der Waals surface area (Å²) in [7, 11) is 1.44. The van der Waals surface area contributed by atoms with Crippen molar-refractivity contribution in [1.29, 1.82) is 0 Å². The molecule has 0 spiro atoms. The maximum absolute atomic E-state index is 11.7. The lowest BCUT2D eigenvalue weighted by Gasteiger charge is -2.33. The smallest absolute Gasteiger partial charge is 0.308 e. The molecule has 8 nitrogen and oxygen atoms in total. The molecule has 8 heteroatoms. The van der Waals surface area contributed by atoms with Gasteiger partial charge in [-0.2, -0.15) is 0 Å². The summed E-state index contributed by atoms with van der Waals surface area (Å²) in [4.78, 5) is 18.5. The van der Waals surface area contributed by atoms with Crippen LogP contribution in [0.4, 0.5) is 0 Å². The van der Waals surface area contributed by atoms with Crippen LogP contribution in [0.25, 0.3) is 0 Å². The van der Waals surface area contributed by atoms with E-state index in [0.717, 1.165) is 49.9 Å². The Labute approximate surface area is 159 Å². The quantitative estimate of drug-likeness (QED) is 0.349. The minimum absolute atomic E-state index is 0.0107. The van der Waals surface area contributed by atoms with Gasteiger partial charge in [0.05, 0.1) is 19.6 Å². The molecule has 0 unspecified atom stereocenters. The molecule has 1 saturated heterocycles. The number of ether oxygens (including phenoxy) is 4. The highest BCUT2D eigenvalue weighted by Crippen LogP contribution is 2.35. The number of benzene rings is 1. The van der Waals surface area contributed by atoms with Crippen LogP contribution in [0.5, 0.6) is 17.2 Å². The topological polar surface area (TPSA) is 81.6 Å². The lowest BCUT2D eigenvalue weighted by Crippen LogP contribution is -2.46. The first kappa shape index (κ1) is 19.1. The molecule has 1 aromatic rings. The van der Waals surface area contributed by atoms with Crippen molar-refractivity contribution in [2.45, 2.75) is 19.8 Å². The van der Waals surface area contributed by atoms with Crippen LogP contribution in [0.1, 0.15) is 19.8 Å². The predicted molar refractivity (Wildman–Crippen MR) is 100 cm³/mol. The SMILES string of the molecule is CCNC(=NCCOc1ccc2c(c1)OCO2)N1CCC(C(=O)OC)CC1. The van der Waals surface area contributed by atoms with Gasteiger partial charge >= 0.3 is 5.97 Å². The van der Waals surface area contributed by atoms with Crippen molar-refractivity contribution in [3.8, 4) is 17.2 Å². The van der Waals surface area contributed by atoms with Gasteiger partial charge in [0.2, 0.25) is 6.79 Å². The normalized spacial score (nSPS) is 17.0. The Bertz CT molecular complexity index is 671. The number of likely N-dealkylation sites (tertiary alicyclic amines) is 1. The summed E-state index contributed by atoms with van der Waals surface area (Å²) < 4.78 is 21.2. The van der Waals surface area contributed by atoms with Crippen LogP contribution in [0.15, 0.2) is 23.2 Å². The number of aliphatic imine (C=N–C) groups is 1. The molecule has 0 atom stereocenters. The van der Waals surface area contributed by atoms with Crippen LogP contribution < -0.4 is 19.5 Å². The Morgan fingerprint density at radius 1 is 1.30 bits per heavy atom. The van der Waals surface area contributed by atoms with Gasteiger partial charge in [0.1, 0.15) is 12.4 Å². The predicted octanol–water partition coefficient (Wildman–Crippen LogP) is 1.64. The fourth-order valence-corrected chi connectivity index (χ4v) is 3.20. The molecular formula is C19H27N3O5. The number of methoxy groups -OCH3 is 1. The molecular weight excluding hydrogens is 350 g/mol. The zero-order chi connectivity index (χ0) is 19.1. The van der Waals surface area contributed by atoms with Crippen LogP contribution in [-0.4, -0.2) is 63.5 Å². The van der Waals surface area contributed by atoms with E-state index in [9.17, 15) is 4.79 Å². The van der Waals surface area contributed by atoms with Crippen LogP contribution >= 0.6 is 0 Å². The third-order valence-corrected chi connectivity index (χ3v) is 4.63. The van der Waals surface area contributed by atoms with E-state index in [0.29, 0.717) is 18.9 Å². The second-order valence-electron chi connectivity index (χ2n) is 6.38. The number of fused-ring (bicyclic) bond motifs is 1. The highest BCUT2D eigenvalue weighted by atomic mass is 16.7. The molecule has 2 aliphatic heterocycles. The zero-order valence-corrected chi connectivity index (χ0v) is 15.9. The van der Waals surface area contributed by atoms with E-state index in [1.54, 1.807) is 0 Å². The minimum atomic E-state index is -0.117. The molecule has 1 N–H and O–H groups in total. The van der Waals surface area contributed by atoms with Gasteiger partial charge in [0.25, 0.3) is 0 Å². The maximum Gasteiger partial charge on any atom is 0.308 e. The summed E-state index contributed by atoms with van der Waals surface area (Å²) in [5.41, 5.74) is 0. The molecule has 0 aliphatic carbocycles. The van der Waals surface area contributed by atoms with Crippen LogP contribution in [-0.2, 0) is 9.53 Å². The average Bonchev–Trinajstić information content (AvgIpc) is 3.17. The number of carbonyl (C=O) groups is 1. The van der Waals surface area contributed by atoms with E-state index >= 15 is 0 Å². The van der Waals surface area contributed by atoms with Crippen molar-refractivity contribution in [2.75, 3.05) is 46.7 Å². The highest BCUT2D eigenvalue weighted by molar-refractivity contribution is 5.80. The van der Waals surface area contributed by atoms with E-state index in [1.165, 1.54) is 7.11 Å². The third kappa shape index (κ3) is 4.96. The summed E-state index contributed by atoms with van der Waals surface area (Å²) in [6.45, 7) is 5.66. The standard InChI is InChI=1S/C19H27N3O5/c1-3-20-19(22-9-6-14(7-10-22)18(23)24-2)21-8-11-25-15-4-5-16-17(12-15)27-13-26-16/h4-5,12,14H,3,6-11,13H2,1-2H3,(H,20,21). The largest absolute Gasteiger partial charge is 0.492 e. The van der Waals surface area contributed by atoms with E-state index in [4.69, 9.17) is 18.9 Å². The van der Waals surface area contributed by atoms with Crippen molar-refractivity contribution in [3.05, 3.63) is 18.2 Å². The van der Waals surface area contributed by atoms with Crippen LogP contribution in [0.3, 0.4) is 0 Å². The minimum Gasteiger partial charge on any atom is -0.492 e. The third-order valence-electron chi connectivity index (χ3n) is 4.63. The van der Waals surface area contributed by atoms with Gasteiger partial charge in [-0.15, -0.1) is 0 Å². The van der Waals surface area contributed by atoms with E-state index in [1.807, 2.05) is 25.1 Å². The lowest BCUT2D eigenvalue weighted by molar-refractivity contribution is -0.146. The number of nitrogens with one attached hydrogen (secondary N) is 1. The number of piperidine rings is 1. The average molecular weight is 377 g/mol. The van der Waals surface area contributed by atoms with Gasteiger partial charge in [0, 0.05) is 25.7 Å². The number of rotatable bonds is 6. The molecule has 2 heterocycles. The molecule has 1 aromatic carbocycles. The van der Waals surface area contributed by atoms with Crippen molar-refractivity contribution < 1.29 is 23.7 Å². The molecule has 27 heavy (non-hydrogen) atoms. The van der Waals surface area contributed by atoms with Crippen LogP contribution in [0.2, 0.25) is 0 Å². The Hall–Kier alpha value is -2.64. The number of esters is 1. The maximum atomic E-state index is 11.7. The van der Waals surface area contributed by atoms with E-state index in [-0.39, 0.29) is 18.7 Å². The van der Waals surface area contributed by atoms with Gasteiger partial charge in [-0.05, 0) is 31.9 Å². The van der Waals surface area contributed by atoms with Gasteiger partial charge < -0.3 is 29.2 Å². The Kier molecular flexibility index (Phi) is 6.62. The van der Waals surface area contributed by atoms with Crippen molar-refractivity contribution in [3.63, 3.8) is 0 Å². The van der Waals surface area contributed by atoms with Crippen molar-refractivity contribution in [1.82, 2.24) is 10.2 Å². The summed E-state index contributed by atoms with van der Waals surface area (Å²) in [5, 5.41) is 3.31. The zero-order valence-electron chi connectivity index (χ0n) is 15.9. The highest BCUT2D eigenvalue weighted by Gasteiger charge is 2.26. The van der Waals surface area contributed by atoms with Crippen LogP contribution in [0, 0.1) is 5.92 Å². The number of hydrogen-bond donors (Lipinski definition) is 1. The number of nitrogens with zero attached hydrogens (tertiary/aromatic N) is 2. The van der Waals surface area contributed by atoms with Gasteiger partial charge in [-0.25, -0.2) is 4.99 Å². The number of hydrogen-bond acceptors (Lipinski definition) is 6. The molecule has 2 aliphatic rings. The van der Waals surface area contributed by atoms with Gasteiger partial charge in [-0.1, -0.05) is 0 Å². The fourth-order valence-electron chi connectivity index (χ4n) is 3.20. The van der Waals surface area contributed by atoms with E-state index < -0.39 is 0 Å². The first-order valence-electron chi connectivity index (χ1n) is 9.34. The summed E-state index contributed by atoms with van der Waals surface area (Å²) >= 11 is 0. The Morgan fingerprint density at radius 3 is 2.81 bits per heavy atom. The molecule has 0 aromatic heterocycles. The monoisotopic (exact) mass is 377 g/mol. The summed E-state index contributed by atoms with van der Waals surface area (Å²) in [6.07, 6.45) is 1.57. The Morgan fingerprint density at radius 2 is 2.07 bits per heavy atom. The molecule has 0 saturated carbocycles. The second kappa shape index (κ2) is 9.34. The van der Waals surface area contributed by atoms with E-state index in [2.05, 4.69) is 15.2 Å². The van der Waals surface area contributed by atoms with Crippen molar-refractivity contribution >= 4 is 11.9 Å². The molecule has 3 rings (SSSR count). The number of guanidine groups is 1. The Balaban J connectivity index is 1.48. The molecule has 0 amide bonds. The molecule has 1 fully saturated rings. The summed E-state index contributed by atoms with van der Waals surface area (Å²) in [5.74, 6) is 2.91. The first-order chi connectivity index (χ1) is 13.2. The van der Waals surface area contributed by atoms with Crippen molar-refractivity contribution in [2.24, 2.45) is 10.9 Å². The van der Waals surface area contributed by atoms with Gasteiger partial charge in [-0.3, -0.25) is 4.79 Å².